The summed E-state index contributed by atoms with van der Waals surface area (Å²) in [6.45, 7) is 1.17. The molecule has 1 aromatic carbocycles. The average Bonchev–Trinajstić information content (AvgIpc) is 2.17. The fourth-order valence-electron chi connectivity index (χ4n) is 1.12. The minimum Gasteiger partial charge on any atom is -0.480 e. The van der Waals surface area contributed by atoms with Gasteiger partial charge >= 0.3 is 11.9 Å². The number of rotatable bonds is 3. The van der Waals surface area contributed by atoms with Crippen LogP contribution in [0.5, 0.6) is 0 Å². The van der Waals surface area contributed by atoms with Gasteiger partial charge in [-0.2, -0.15) is 0 Å². The molecule has 0 aliphatic carbocycles. The lowest BCUT2D eigenvalue weighted by Crippen LogP contribution is -2.40. The highest BCUT2D eigenvalue weighted by molar-refractivity contribution is 9.10. The summed E-state index contributed by atoms with van der Waals surface area (Å²) in [6.07, 6.45) is 0. The zero-order valence-corrected chi connectivity index (χ0v) is 9.48. The molecule has 0 heterocycles. The first-order chi connectivity index (χ1) is 6.89. The average molecular weight is 273 g/mol. The van der Waals surface area contributed by atoms with Crippen LogP contribution >= 0.6 is 15.9 Å². The zero-order chi connectivity index (χ0) is 11.6. The van der Waals surface area contributed by atoms with Crippen LogP contribution in [-0.2, 0) is 15.0 Å². The van der Waals surface area contributed by atoms with Crippen LogP contribution in [0.1, 0.15) is 12.5 Å². The van der Waals surface area contributed by atoms with Crippen molar-refractivity contribution in [1.29, 1.82) is 0 Å². The quantitative estimate of drug-likeness (QED) is 0.824. The number of carboxylic acids is 2. The van der Waals surface area contributed by atoms with E-state index < -0.39 is 17.4 Å². The standard InChI is InChI=1S/C10H9BrO4/c1-10(8(12)13,9(14)15)6-2-4-7(11)5-3-6/h2-5H,1H3,(H,12,13)(H,14,15). The molecule has 0 saturated carbocycles. The molecule has 0 atom stereocenters. The number of hydrogen-bond acceptors (Lipinski definition) is 2. The molecule has 4 nitrogen and oxygen atoms in total. The lowest BCUT2D eigenvalue weighted by Gasteiger charge is -2.19. The second kappa shape index (κ2) is 4.02. The first-order valence-corrected chi connectivity index (χ1v) is 4.91. The maximum Gasteiger partial charge on any atom is 0.325 e. The molecule has 0 aliphatic rings. The van der Waals surface area contributed by atoms with E-state index >= 15 is 0 Å². The van der Waals surface area contributed by atoms with Crippen LogP contribution in [-0.4, -0.2) is 22.2 Å². The van der Waals surface area contributed by atoms with Crippen molar-refractivity contribution in [3.63, 3.8) is 0 Å². The third-order valence-corrected chi connectivity index (χ3v) is 2.81. The van der Waals surface area contributed by atoms with Crippen molar-refractivity contribution in [2.24, 2.45) is 0 Å². The van der Waals surface area contributed by atoms with Crippen molar-refractivity contribution in [2.45, 2.75) is 12.3 Å². The molecule has 0 spiro atoms. The Hall–Kier alpha value is -1.36. The molecule has 0 radical (unpaired) electrons. The minimum atomic E-state index is -1.90. The van der Waals surface area contributed by atoms with Crippen LogP contribution in [0.15, 0.2) is 28.7 Å². The van der Waals surface area contributed by atoms with Gasteiger partial charge in [-0.3, -0.25) is 9.59 Å². The van der Waals surface area contributed by atoms with Crippen LogP contribution in [0.25, 0.3) is 0 Å². The number of halogens is 1. The van der Waals surface area contributed by atoms with Crippen molar-refractivity contribution in [2.75, 3.05) is 0 Å². The normalized spacial score (nSPS) is 11.1. The fraction of sp³-hybridized carbons (Fsp3) is 0.200. The Kier molecular flexibility index (Phi) is 3.14. The molecule has 0 aromatic heterocycles. The van der Waals surface area contributed by atoms with Gasteiger partial charge in [-0.15, -0.1) is 0 Å². The number of carbonyl (C=O) groups is 2. The Bertz CT molecular complexity index is 382. The van der Waals surface area contributed by atoms with Crippen molar-refractivity contribution < 1.29 is 19.8 Å². The fourth-order valence-corrected chi connectivity index (χ4v) is 1.39. The molecule has 0 unspecified atom stereocenters. The third-order valence-electron chi connectivity index (χ3n) is 2.28. The molecule has 15 heavy (non-hydrogen) atoms. The van der Waals surface area contributed by atoms with Crippen LogP contribution in [0, 0.1) is 0 Å². The number of benzene rings is 1. The molecule has 1 rings (SSSR count). The predicted octanol–water partition coefficient (Wildman–Crippen LogP) is 1.88. The molecule has 0 fully saturated rings. The van der Waals surface area contributed by atoms with Gasteiger partial charge in [0.15, 0.2) is 5.41 Å². The summed E-state index contributed by atoms with van der Waals surface area (Å²) in [6, 6.07) is 6.18. The third kappa shape index (κ3) is 2.02. The second-order valence-electron chi connectivity index (χ2n) is 3.24. The Labute approximate surface area is 94.7 Å². The second-order valence-corrected chi connectivity index (χ2v) is 4.16. The molecule has 80 valence electrons. The summed E-state index contributed by atoms with van der Waals surface area (Å²) >= 11 is 3.19. The molecule has 1 aromatic rings. The van der Waals surface area contributed by atoms with Gasteiger partial charge in [-0.25, -0.2) is 0 Å². The first kappa shape index (κ1) is 11.7. The van der Waals surface area contributed by atoms with Gasteiger partial charge in [-0.05, 0) is 24.6 Å². The largest absolute Gasteiger partial charge is 0.480 e. The van der Waals surface area contributed by atoms with Crippen LogP contribution in [0.3, 0.4) is 0 Å². The van der Waals surface area contributed by atoms with Gasteiger partial charge in [0.25, 0.3) is 0 Å². The lowest BCUT2D eigenvalue weighted by molar-refractivity contribution is -0.156. The number of carboxylic acid groups (broad SMARTS) is 2. The predicted molar refractivity (Wildman–Crippen MR) is 56.8 cm³/mol. The maximum absolute atomic E-state index is 11.0. The molecular weight excluding hydrogens is 264 g/mol. The van der Waals surface area contributed by atoms with Crippen molar-refractivity contribution in [3.05, 3.63) is 34.3 Å². The molecular formula is C10H9BrO4. The van der Waals surface area contributed by atoms with E-state index in [1.807, 2.05) is 0 Å². The Morgan fingerprint density at radius 3 is 1.87 bits per heavy atom. The van der Waals surface area contributed by atoms with Crippen LogP contribution < -0.4 is 0 Å². The summed E-state index contributed by atoms with van der Waals surface area (Å²) in [5.74, 6) is -2.75. The summed E-state index contributed by atoms with van der Waals surface area (Å²) < 4.78 is 0.768. The highest BCUT2D eigenvalue weighted by atomic mass is 79.9. The number of hydrogen-bond donors (Lipinski definition) is 2. The highest BCUT2D eigenvalue weighted by Gasteiger charge is 2.43. The van der Waals surface area contributed by atoms with E-state index in [0.29, 0.717) is 0 Å². The van der Waals surface area contributed by atoms with Gasteiger partial charge in [0.05, 0.1) is 0 Å². The highest BCUT2D eigenvalue weighted by Crippen LogP contribution is 2.26. The summed E-state index contributed by atoms with van der Waals surface area (Å²) in [4.78, 5) is 21.9. The molecule has 0 amide bonds. The lowest BCUT2D eigenvalue weighted by atomic mass is 9.83. The smallest absolute Gasteiger partial charge is 0.325 e. The van der Waals surface area contributed by atoms with E-state index in [1.165, 1.54) is 19.1 Å². The maximum atomic E-state index is 11.0. The molecule has 2 N–H and O–H groups in total. The molecule has 0 saturated heterocycles. The van der Waals surface area contributed by atoms with Crippen LogP contribution in [0.4, 0.5) is 0 Å². The molecule has 5 heteroatoms. The summed E-state index contributed by atoms with van der Waals surface area (Å²) in [5, 5.41) is 17.9. The topological polar surface area (TPSA) is 74.6 Å². The zero-order valence-electron chi connectivity index (χ0n) is 7.90. The van der Waals surface area contributed by atoms with E-state index in [-0.39, 0.29) is 5.56 Å². The Morgan fingerprint density at radius 1 is 1.13 bits per heavy atom. The van der Waals surface area contributed by atoms with E-state index in [1.54, 1.807) is 12.1 Å². The van der Waals surface area contributed by atoms with E-state index in [2.05, 4.69) is 15.9 Å². The van der Waals surface area contributed by atoms with Crippen molar-refractivity contribution >= 4 is 27.9 Å². The van der Waals surface area contributed by atoms with Gasteiger partial charge < -0.3 is 10.2 Å². The van der Waals surface area contributed by atoms with E-state index in [4.69, 9.17) is 10.2 Å². The van der Waals surface area contributed by atoms with Crippen molar-refractivity contribution in [1.82, 2.24) is 0 Å². The van der Waals surface area contributed by atoms with Gasteiger partial charge in [0.2, 0.25) is 0 Å². The first-order valence-electron chi connectivity index (χ1n) is 4.12. The minimum absolute atomic E-state index is 0.241. The Morgan fingerprint density at radius 2 is 1.53 bits per heavy atom. The van der Waals surface area contributed by atoms with Gasteiger partial charge in [0.1, 0.15) is 0 Å². The van der Waals surface area contributed by atoms with E-state index in [0.717, 1.165) is 4.47 Å². The van der Waals surface area contributed by atoms with Crippen LogP contribution in [0.2, 0.25) is 0 Å². The molecule has 0 aliphatic heterocycles. The molecule has 0 bridgehead atoms. The SMILES string of the molecule is CC(C(=O)O)(C(=O)O)c1ccc(Br)cc1. The van der Waals surface area contributed by atoms with E-state index in [9.17, 15) is 9.59 Å². The summed E-state index contributed by atoms with van der Waals surface area (Å²) in [5.41, 5.74) is -1.66. The number of aliphatic carboxylic acids is 2. The summed E-state index contributed by atoms with van der Waals surface area (Å²) in [7, 11) is 0. The van der Waals surface area contributed by atoms with Gasteiger partial charge in [-0.1, -0.05) is 28.1 Å². The Balaban J connectivity index is 3.28. The van der Waals surface area contributed by atoms with Crippen molar-refractivity contribution in [3.8, 4) is 0 Å². The monoisotopic (exact) mass is 272 g/mol. The van der Waals surface area contributed by atoms with Gasteiger partial charge in [0, 0.05) is 4.47 Å².